The lowest BCUT2D eigenvalue weighted by atomic mass is 10.0. The molecule has 1 fully saturated rings. The van der Waals surface area contributed by atoms with E-state index in [9.17, 15) is 22.8 Å². The molecule has 0 saturated carbocycles. The Morgan fingerprint density at radius 1 is 1.06 bits per heavy atom. The molecule has 0 aliphatic carbocycles. The molecule has 1 saturated heterocycles. The molecule has 0 unspecified atom stereocenters. The minimum atomic E-state index is -3.90. The molecular weight excluding hydrogens is 456 g/mol. The number of carbonyl (C=O) groups excluding carboxylic acids is 1. The maximum absolute atomic E-state index is 13.1. The third-order valence-corrected chi connectivity index (χ3v) is 7.75. The second kappa shape index (κ2) is 9.55. The monoisotopic (exact) mass is 484 g/mol. The van der Waals surface area contributed by atoms with Gasteiger partial charge in [-0.15, -0.1) is 0 Å². The van der Waals surface area contributed by atoms with Gasteiger partial charge in [0, 0.05) is 26.7 Å². The zero-order valence-corrected chi connectivity index (χ0v) is 20.0. The maximum atomic E-state index is 13.1. The van der Waals surface area contributed by atoms with Crippen LogP contribution in [0.15, 0.2) is 63.0 Å². The molecule has 1 aromatic heterocycles. The molecule has 1 N–H and O–H groups in total. The molecule has 4 rings (SSSR count). The number of nitrogens with one attached hydrogen (secondary N) is 1. The van der Waals surface area contributed by atoms with E-state index in [2.05, 4.69) is 4.72 Å². The average Bonchev–Trinajstić information content (AvgIpc) is 3.39. The Morgan fingerprint density at radius 2 is 1.74 bits per heavy atom. The maximum Gasteiger partial charge on any atom is 0.331 e. The van der Waals surface area contributed by atoms with Gasteiger partial charge in [0.2, 0.25) is 15.9 Å². The highest BCUT2D eigenvalue weighted by molar-refractivity contribution is 7.89. The number of likely N-dealkylation sites (tertiary alicyclic amines) is 1. The molecule has 2 heterocycles. The summed E-state index contributed by atoms with van der Waals surface area (Å²) in [5, 5.41) is 0.0651. The van der Waals surface area contributed by atoms with Crippen LogP contribution in [0.5, 0.6) is 0 Å². The first-order chi connectivity index (χ1) is 16.2. The van der Waals surface area contributed by atoms with Gasteiger partial charge in [0.15, 0.2) is 0 Å². The number of nitrogens with zero attached hydrogens (tertiary/aromatic N) is 3. The van der Waals surface area contributed by atoms with E-state index in [0.29, 0.717) is 18.6 Å². The van der Waals surface area contributed by atoms with Gasteiger partial charge in [-0.2, -0.15) is 0 Å². The Labute approximate surface area is 197 Å². The van der Waals surface area contributed by atoms with E-state index in [0.717, 1.165) is 23.0 Å². The van der Waals surface area contributed by atoms with Crippen molar-refractivity contribution >= 4 is 26.8 Å². The van der Waals surface area contributed by atoms with Crippen molar-refractivity contribution in [2.75, 3.05) is 19.6 Å². The van der Waals surface area contributed by atoms with Crippen molar-refractivity contribution in [2.45, 2.75) is 37.1 Å². The molecule has 0 bridgehead atoms. The lowest BCUT2D eigenvalue weighted by Gasteiger charge is -2.17. The highest BCUT2D eigenvalue weighted by Crippen LogP contribution is 2.18. The number of aryl methyl sites for hydroxylation is 1. The highest BCUT2D eigenvalue weighted by atomic mass is 32.2. The summed E-state index contributed by atoms with van der Waals surface area (Å²) < 4.78 is 30.7. The smallest absolute Gasteiger partial charge is 0.331 e. The summed E-state index contributed by atoms with van der Waals surface area (Å²) in [4.78, 5) is 40.0. The molecular formula is C24H28N4O5S. The predicted octanol–water partition coefficient (Wildman–Crippen LogP) is 1.40. The van der Waals surface area contributed by atoms with Gasteiger partial charge in [0.1, 0.15) is 6.54 Å². The molecule has 1 aliphatic rings. The van der Waals surface area contributed by atoms with Crippen LogP contribution in [0.3, 0.4) is 0 Å². The number of hydrogen-bond donors (Lipinski definition) is 1. The predicted molar refractivity (Wildman–Crippen MR) is 129 cm³/mol. The zero-order chi connectivity index (χ0) is 24.5. The van der Waals surface area contributed by atoms with Crippen LogP contribution in [0.1, 0.15) is 31.2 Å². The average molecular weight is 485 g/mol. The molecule has 34 heavy (non-hydrogen) atoms. The Hall–Kier alpha value is -3.24. The Bertz CT molecular complexity index is 1440. The van der Waals surface area contributed by atoms with Crippen molar-refractivity contribution in [2.24, 2.45) is 7.05 Å². The molecule has 2 aromatic carbocycles. The molecule has 180 valence electrons. The largest absolute Gasteiger partial charge is 0.341 e. The highest BCUT2D eigenvalue weighted by Gasteiger charge is 2.22. The van der Waals surface area contributed by atoms with E-state index in [1.807, 2.05) is 37.3 Å². The minimum absolute atomic E-state index is 0.0499. The Kier molecular flexibility index (Phi) is 6.72. The van der Waals surface area contributed by atoms with Crippen molar-refractivity contribution in [1.29, 1.82) is 0 Å². The molecule has 1 aliphatic heterocycles. The van der Waals surface area contributed by atoms with Crippen LogP contribution in [-0.2, 0) is 28.4 Å². The van der Waals surface area contributed by atoms with Gasteiger partial charge in [0.25, 0.3) is 5.56 Å². The number of aromatic nitrogens is 2. The van der Waals surface area contributed by atoms with Gasteiger partial charge in [-0.25, -0.2) is 17.9 Å². The van der Waals surface area contributed by atoms with Crippen LogP contribution in [0.2, 0.25) is 0 Å². The second-order valence-corrected chi connectivity index (χ2v) is 10.4. The van der Waals surface area contributed by atoms with Crippen LogP contribution >= 0.6 is 0 Å². The number of fused-ring (bicyclic) bond motifs is 1. The molecule has 0 radical (unpaired) electrons. The van der Waals surface area contributed by atoms with Gasteiger partial charge in [-0.3, -0.25) is 18.7 Å². The van der Waals surface area contributed by atoms with Gasteiger partial charge in [0.05, 0.1) is 15.8 Å². The minimum Gasteiger partial charge on any atom is -0.341 e. The van der Waals surface area contributed by atoms with Crippen LogP contribution in [0.25, 0.3) is 10.9 Å². The fourth-order valence-electron chi connectivity index (χ4n) is 4.22. The van der Waals surface area contributed by atoms with E-state index in [-0.39, 0.29) is 35.2 Å². The summed E-state index contributed by atoms with van der Waals surface area (Å²) in [5.74, 6) is -0.345. The van der Waals surface area contributed by atoms with Crippen molar-refractivity contribution < 1.29 is 13.2 Å². The molecule has 3 aromatic rings. The fraction of sp³-hybridized carbons (Fsp3) is 0.375. The first kappa shape index (κ1) is 23.9. The second-order valence-electron chi connectivity index (χ2n) is 8.66. The summed E-state index contributed by atoms with van der Waals surface area (Å²) in [6.07, 6.45) is 1.79. The lowest BCUT2D eigenvalue weighted by molar-refractivity contribution is -0.130. The SMILES string of the molecule is C[C@H](CNS(=O)(=O)c1ccc2c(c1)c(=O)n(CC(=O)N1CCCC1)c(=O)n2C)c1ccccc1. The van der Waals surface area contributed by atoms with Crippen LogP contribution < -0.4 is 16.0 Å². The standard InChI is InChI=1S/C24H28N4O5S/c1-17(18-8-4-3-5-9-18)15-25-34(32,33)19-10-11-21-20(14-19)23(30)28(24(31)26(21)2)16-22(29)27-12-6-7-13-27/h3-5,8-11,14,17,25H,6-7,12-13,15-16H2,1-2H3/t17-/m1/s1. The van der Waals surface area contributed by atoms with Crippen LogP contribution in [0.4, 0.5) is 0 Å². The fourth-order valence-corrected chi connectivity index (χ4v) is 5.38. The number of benzene rings is 2. The first-order valence-corrected chi connectivity index (χ1v) is 12.7. The topological polar surface area (TPSA) is 110 Å². The van der Waals surface area contributed by atoms with Gasteiger partial charge in [-0.1, -0.05) is 37.3 Å². The number of rotatable bonds is 7. The number of carbonyl (C=O) groups is 1. The van der Waals surface area contributed by atoms with Crippen LogP contribution in [0, 0.1) is 0 Å². The van der Waals surface area contributed by atoms with E-state index in [1.54, 1.807) is 4.90 Å². The van der Waals surface area contributed by atoms with E-state index < -0.39 is 21.3 Å². The van der Waals surface area contributed by atoms with Crippen molar-refractivity contribution in [3.8, 4) is 0 Å². The molecule has 10 heteroatoms. The number of sulfonamides is 1. The van der Waals surface area contributed by atoms with Gasteiger partial charge in [-0.05, 0) is 42.5 Å². The Morgan fingerprint density at radius 3 is 2.41 bits per heavy atom. The summed E-state index contributed by atoms with van der Waals surface area (Å²) in [5.41, 5.74) is 0.0107. The summed E-state index contributed by atoms with van der Waals surface area (Å²) in [7, 11) is -2.41. The molecule has 9 nitrogen and oxygen atoms in total. The van der Waals surface area contributed by atoms with Gasteiger partial charge < -0.3 is 4.90 Å². The number of amides is 1. The third kappa shape index (κ3) is 4.69. The summed E-state index contributed by atoms with van der Waals surface area (Å²) >= 11 is 0. The Balaban J connectivity index is 1.65. The normalized spacial score (nSPS) is 15.1. The molecule has 1 amide bonds. The molecule has 1 atom stereocenters. The van der Waals surface area contributed by atoms with E-state index in [1.165, 1.54) is 29.8 Å². The van der Waals surface area contributed by atoms with Gasteiger partial charge >= 0.3 is 5.69 Å². The quantitative estimate of drug-likeness (QED) is 0.545. The summed E-state index contributed by atoms with van der Waals surface area (Å²) in [6, 6.07) is 13.6. The van der Waals surface area contributed by atoms with Crippen molar-refractivity contribution in [3.05, 3.63) is 74.9 Å². The number of hydrogen-bond acceptors (Lipinski definition) is 5. The van der Waals surface area contributed by atoms with E-state index in [4.69, 9.17) is 0 Å². The summed E-state index contributed by atoms with van der Waals surface area (Å²) in [6.45, 7) is 2.95. The first-order valence-electron chi connectivity index (χ1n) is 11.2. The van der Waals surface area contributed by atoms with E-state index >= 15 is 0 Å². The lowest BCUT2D eigenvalue weighted by Crippen LogP contribution is -2.43. The van der Waals surface area contributed by atoms with Crippen molar-refractivity contribution in [3.63, 3.8) is 0 Å². The van der Waals surface area contributed by atoms with Crippen molar-refractivity contribution in [1.82, 2.24) is 18.8 Å². The molecule has 0 spiro atoms. The third-order valence-electron chi connectivity index (χ3n) is 6.33. The zero-order valence-electron chi connectivity index (χ0n) is 19.2. The van der Waals surface area contributed by atoms with Crippen LogP contribution in [-0.4, -0.2) is 48.0 Å².